The molecule has 2 atom stereocenters. The molecule has 0 saturated heterocycles. The second-order valence-electron chi connectivity index (χ2n) is 12.0. The third-order valence-corrected chi connectivity index (χ3v) is 7.93. The van der Waals surface area contributed by atoms with Crippen molar-refractivity contribution in [1.82, 2.24) is 24.6 Å². The number of hydrogen-bond acceptors (Lipinski definition) is 10. The molecule has 12 nitrogen and oxygen atoms in total. The van der Waals surface area contributed by atoms with Gasteiger partial charge < -0.3 is 24.4 Å². The highest BCUT2D eigenvalue weighted by Crippen LogP contribution is 2.46. The number of imidazole rings is 1. The molecule has 0 unspecified atom stereocenters. The first-order chi connectivity index (χ1) is 19.3. The Kier molecular flexibility index (Phi) is 13.7. The highest BCUT2D eigenvalue weighted by molar-refractivity contribution is 7.56. The van der Waals surface area contributed by atoms with Crippen molar-refractivity contribution < 1.29 is 23.5 Å². The number of carbonyl (C=O) groups excluding carboxylic acids is 1. The van der Waals surface area contributed by atoms with E-state index in [0.29, 0.717) is 54.8 Å². The first kappa shape index (κ1) is 34.6. The van der Waals surface area contributed by atoms with Crippen LogP contribution in [0.2, 0.25) is 0 Å². The molecule has 0 bridgehead atoms. The number of ether oxygens (including phenoxy) is 2. The van der Waals surface area contributed by atoms with Crippen LogP contribution in [0.15, 0.2) is 17.8 Å². The summed E-state index contributed by atoms with van der Waals surface area (Å²) in [6, 6.07) is 0. The Balaban J connectivity index is 2.19. The van der Waals surface area contributed by atoms with Gasteiger partial charge in [0.2, 0.25) is 0 Å². The number of unbranched alkanes of at least 4 members (excludes halogenated alkanes) is 3. The van der Waals surface area contributed by atoms with Crippen LogP contribution in [-0.2, 0) is 30.0 Å². The van der Waals surface area contributed by atoms with E-state index in [0.717, 1.165) is 31.4 Å². The number of hydrogen-bond donors (Lipinski definition) is 2. The summed E-state index contributed by atoms with van der Waals surface area (Å²) in [5.74, 6) is 0.477. The van der Waals surface area contributed by atoms with Crippen molar-refractivity contribution >= 4 is 36.2 Å². The number of nitrogens with two attached hydrogens (primary N) is 1. The quantitative estimate of drug-likeness (QED) is 0.0657. The van der Waals surface area contributed by atoms with Crippen molar-refractivity contribution in [1.29, 1.82) is 0 Å². The molecular formula is C28H50N7O5P. The molecule has 2 heterocycles. The van der Waals surface area contributed by atoms with E-state index in [2.05, 4.69) is 59.8 Å². The smallest absolute Gasteiger partial charge is 0.365 e. The summed E-state index contributed by atoms with van der Waals surface area (Å²) < 4.78 is 33.2. The zero-order valence-corrected chi connectivity index (χ0v) is 26.9. The topological polar surface area (TPSA) is 156 Å². The van der Waals surface area contributed by atoms with E-state index in [4.69, 9.17) is 19.8 Å². The molecule has 41 heavy (non-hydrogen) atoms. The number of nitrogens with zero attached hydrogens (tertiary/aromatic N) is 5. The van der Waals surface area contributed by atoms with Gasteiger partial charge in [0.25, 0.3) is 0 Å². The van der Waals surface area contributed by atoms with Crippen LogP contribution in [0.4, 0.5) is 5.82 Å². The van der Waals surface area contributed by atoms with Gasteiger partial charge in [-0.15, -0.1) is 0 Å². The fourth-order valence-electron chi connectivity index (χ4n) is 4.23. The van der Waals surface area contributed by atoms with E-state index in [1.165, 1.54) is 6.33 Å². The number of nitrogens with one attached hydrogen (secondary N) is 1. The largest absolute Gasteiger partial charge is 0.464 e. The van der Waals surface area contributed by atoms with Crippen LogP contribution >= 0.6 is 7.52 Å². The van der Waals surface area contributed by atoms with Crippen molar-refractivity contribution in [3.8, 4) is 0 Å². The lowest BCUT2D eigenvalue weighted by molar-refractivity contribution is -0.149. The van der Waals surface area contributed by atoms with Crippen molar-refractivity contribution in [2.45, 2.75) is 112 Å². The monoisotopic (exact) mass is 595 g/mol. The van der Waals surface area contributed by atoms with Gasteiger partial charge in [0.1, 0.15) is 23.7 Å². The summed E-state index contributed by atoms with van der Waals surface area (Å²) in [6.07, 6.45) is 7.61. The summed E-state index contributed by atoms with van der Waals surface area (Å²) in [7, 11) is -3.82. The Hall–Kier alpha value is -2.56. The van der Waals surface area contributed by atoms with Gasteiger partial charge in [-0.3, -0.25) is 9.36 Å². The van der Waals surface area contributed by atoms with Crippen LogP contribution < -0.4 is 10.8 Å². The molecule has 0 radical (unpaired) electrons. The van der Waals surface area contributed by atoms with E-state index >= 15 is 0 Å². The predicted molar refractivity (Wildman–Crippen MR) is 163 cm³/mol. The molecule has 0 aliphatic heterocycles. The third kappa shape index (κ3) is 11.7. The predicted octanol–water partition coefficient (Wildman–Crippen LogP) is 5.92. The lowest BCUT2D eigenvalue weighted by Gasteiger charge is -2.29. The maximum absolute atomic E-state index is 14.2. The molecule has 0 aliphatic rings. The number of carbonyl (C=O) groups is 1. The van der Waals surface area contributed by atoms with Crippen LogP contribution in [0, 0.1) is 11.8 Å². The Morgan fingerprint density at radius 2 is 1.78 bits per heavy atom. The molecule has 0 amide bonds. The van der Waals surface area contributed by atoms with Gasteiger partial charge in [-0.25, -0.2) is 20.0 Å². The highest BCUT2D eigenvalue weighted by atomic mass is 31.2. The Bertz CT molecular complexity index is 1170. The summed E-state index contributed by atoms with van der Waals surface area (Å²) >= 11 is 0. The summed E-state index contributed by atoms with van der Waals surface area (Å²) in [5, 5.41) is 7.24. The average molecular weight is 596 g/mol. The van der Waals surface area contributed by atoms with Gasteiger partial charge in [0.15, 0.2) is 11.5 Å². The number of oxime groups is 1. The van der Waals surface area contributed by atoms with Gasteiger partial charge in [0.05, 0.1) is 31.3 Å². The van der Waals surface area contributed by atoms with E-state index in [1.54, 1.807) is 24.7 Å². The minimum absolute atomic E-state index is 0.292. The molecule has 0 aliphatic carbocycles. The SMILES string of the molecule is CCCCCCOC(=O)C(C)(C)N[P@@](=O)(CO[C@H](C)Cn1cnc2c(N)ncnc21)ON=C(CC(C)C)CC(C)C. The van der Waals surface area contributed by atoms with Gasteiger partial charge in [-0.1, -0.05) is 59.0 Å². The van der Waals surface area contributed by atoms with Crippen LogP contribution in [0.25, 0.3) is 11.2 Å². The van der Waals surface area contributed by atoms with Crippen molar-refractivity contribution in [3.05, 3.63) is 12.7 Å². The molecular weight excluding hydrogens is 545 g/mol. The summed E-state index contributed by atoms with van der Waals surface area (Å²) in [6.45, 7) is 16.2. The van der Waals surface area contributed by atoms with Gasteiger partial charge >= 0.3 is 13.5 Å². The lowest BCUT2D eigenvalue weighted by atomic mass is 9.99. The van der Waals surface area contributed by atoms with Gasteiger partial charge in [-0.05, 0) is 51.9 Å². The fraction of sp³-hybridized carbons (Fsp3) is 0.750. The van der Waals surface area contributed by atoms with E-state index in [1.807, 2.05) is 6.92 Å². The number of aromatic nitrogens is 4. The minimum atomic E-state index is -3.82. The first-order valence-electron chi connectivity index (χ1n) is 14.6. The molecule has 2 aromatic heterocycles. The average Bonchev–Trinajstić information content (AvgIpc) is 3.29. The second-order valence-corrected chi connectivity index (χ2v) is 14.0. The molecule has 2 rings (SSSR count). The number of nitrogen functional groups attached to an aromatic ring is 1. The summed E-state index contributed by atoms with van der Waals surface area (Å²) in [4.78, 5) is 25.4. The van der Waals surface area contributed by atoms with Crippen LogP contribution in [0.5, 0.6) is 0 Å². The maximum atomic E-state index is 14.2. The number of esters is 1. The second kappa shape index (κ2) is 16.2. The molecule has 0 aromatic carbocycles. The van der Waals surface area contributed by atoms with E-state index in [-0.39, 0.29) is 6.35 Å². The third-order valence-electron chi connectivity index (χ3n) is 6.19. The van der Waals surface area contributed by atoms with Crippen molar-refractivity contribution in [2.75, 3.05) is 18.7 Å². The van der Waals surface area contributed by atoms with Crippen LogP contribution in [0.1, 0.15) is 93.9 Å². The first-order valence-corrected chi connectivity index (χ1v) is 16.4. The Labute approximate surface area is 244 Å². The molecule has 3 N–H and O–H groups in total. The number of anilines is 1. The molecule has 232 valence electrons. The molecule has 0 saturated carbocycles. The zero-order chi connectivity index (χ0) is 30.6. The minimum Gasteiger partial charge on any atom is -0.464 e. The van der Waals surface area contributed by atoms with Crippen molar-refractivity contribution in [3.63, 3.8) is 0 Å². The standard InChI is InChI=1S/C28H50N7O5P/c1-9-10-11-12-13-38-27(36)28(7,8)34-41(37,40-33-23(14-20(2)3)15-21(4)5)19-39-22(6)16-35-18-32-24-25(29)30-17-31-26(24)35/h17-18,20-22H,9-16,19H2,1-8H3,(H,34,37)(H2,29,30,31)/t22-,41-/m1/s1. The Morgan fingerprint density at radius 3 is 2.41 bits per heavy atom. The summed E-state index contributed by atoms with van der Waals surface area (Å²) in [5.41, 5.74) is 6.49. The highest BCUT2D eigenvalue weighted by Gasteiger charge is 2.40. The fourth-order valence-corrected chi connectivity index (χ4v) is 6.03. The van der Waals surface area contributed by atoms with Crippen molar-refractivity contribution in [2.24, 2.45) is 17.0 Å². The van der Waals surface area contributed by atoms with E-state index < -0.39 is 25.1 Å². The number of fused-ring (bicyclic) bond motifs is 1. The Morgan fingerprint density at radius 1 is 1.10 bits per heavy atom. The van der Waals surface area contributed by atoms with Crippen LogP contribution in [0.3, 0.4) is 0 Å². The number of rotatable bonds is 19. The zero-order valence-electron chi connectivity index (χ0n) is 26.1. The van der Waals surface area contributed by atoms with Crippen LogP contribution in [-0.4, -0.2) is 55.8 Å². The molecule has 0 spiro atoms. The lowest BCUT2D eigenvalue weighted by Crippen LogP contribution is -2.47. The van der Waals surface area contributed by atoms with Gasteiger partial charge in [0, 0.05) is 0 Å². The normalized spacial score (nSPS) is 14.3. The molecule has 0 fully saturated rings. The van der Waals surface area contributed by atoms with Gasteiger partial charge in [-0.2, -0.15) is 0 Å². The molecule has 13 heteroatoms. The molecule has 2 aromatic rings. The van der Waals surface area contributed by atoms with E-state index in [9.17, 15) is 9.36 Å². The maximum Gasteiger partial charge on any atom is 0.365 e.